The second kappa shape index (κ2) is 5.92. The third kappa shape index (κ3) is 2.91. The second-order valence-corrected chi connectivity index (χ2v) is 8.73. The molecule has 0 amide bonds. The van der Waals surface area contributed by atoms with Crippen molar-refractivity contribution in [2.24, 2.45) is 5.73 Å². The quantitative estimate of drug-likeness (QED) is 0.913. The van der Waals surface area contributed by atoms with E-state index in [0.29, 0.717) is 17.3 Å². The molecule has 7 heteroatoms. The van der Waals surface area contributed by atoms with Crippen molar-refractivity contribution < 1.29 is 8.42 Å². The van der Waals surface area contributed by atoms with E-state index in [-0.39, 0.29) is 6.04 Å². The highest BCUT2D eigenvalue weighted by Gasteiger charge is 2.32. The third-order valence-electron chi connectivity index (χ3n) is 2.90. The van der Waals surface area contributed by atoms with Crippen molar-refractivity contribution in [2.75, 3.05) is 24.6 Å². The van der Waals surface area contributed by atoms with Gasteiger partial charge in [0.25, 0.3) is 10.0 Å². The molecule has 4 nitrogen and oxygen atoms in total. The van der Waals surface area contributed by atoms with Crippen LogP contribution in [0.1, 0.15) is 11.8 Å². The van der Waals surface area contributed by atoms with E-state index < -0.39 is 10.0 Å². The van der Waals surface area contributed by atoms with Gasteiger partial charge < -0.3 is 5.73 Å². The van der Waals surface area contributed by atoms with Crippen molar-refractivity contribution in [1.29, 1.82) is 0 Å². The van der Waals surface area contributed by atoms with E-state index in [9.17, 15) is 8.42 Å². The Morgan fingerprint density at radius 3 is 2.94 bits per heavy atom. The van der Waals surface area contributed by atoms with Gasteiger partial charge in [-0.2, -0.15) is 16.1 Å². The molecule has 1 fully saturated rings. The van der Waals surface area contributed by atoms with Crippen molar-refractivity contribution in [3.05, 3.63) is 17.0 Å². The summed E-state index contributed by atoms with van der Waals surface area (Å²) in [5, 5.41) is 0. The topological polar surface area (TPSA) is 63.4 Å². The first-order chi connectivity index (χ1) is 8.55. The molecule has 1 aliphatic heterocycles. The molecular weight excluding hydrogens is 288 g/mol. The van der Waals surface area contributed by atoms with Crippen molar-refractivity contribution >= 4 is 33.1 Å². The maximum atomic E-state index is 12.5. The van der Waals surface area contributed by atoms with Crippen molar-refractivity contribution in [2.45, 2.75) is 23.6 Å². The standard InChI is InChI=1S/C11H18N2O2S3/c1-9-8-16-7-6-13(9)18(14,15)11-3-2-10(17-11)4-5-12/h2-3,9H,4-8,12H2,1H3. The van der Waals surface area contributed by atoms with Gasteiger partial charge in [-0.05, 0) is 32.0 Å². The fourth-order valence-electron chi connectivity index (χ4n) is 1.96. The second-order valence-electron chi connectivity index (χ2n) is 4.30. The minimum Gasteiger partial charge on any atom is -0.330 e. The molecule has 0 bridgehead atoms. The molecule has 2 heterocycles. The highest BCUT2D eigenvalue weighted by molar-refractivity contribution is 7.99. The molecule has 0 radical (unpaired) electrons. The normalized spacial score (nSPS) is 22.2. The Hall–Kier alpha value is -0.0800. The van der Waals surface area contributed by atoms with Crippen molar-refractivity contribution in [3.63, 3.8) is 0 Å². The molecule has 2 N–H and O–H groups in total. The lowest BCUT2D eigenvalue weighted by molar-refractivity contribution is 0.368. The van der Waals surface area contributed by atoms with Gasteiger partial charge in [0.1, 0.15) is 4.21 Å². The first kappa shape index (κ1) is 14.3. The van der Waals surface area contributed by atoms with Gasteiger partial charge in [0.05, 0.1) is 0 Å². The molecule has 0 aliphatic carbocycles. The van der Waals surface area contributed by atoms with Gasteiger partial charge in [-0.25, -0.2) is 8.42 Å². The van der Waals surface area contributed by atoms with Gasteiger partial charge in [-0.15, -0.1) is 11.3 Å². The van der Waals surface area contributed by atoms with Crippen LogP contribution in [-0.4, -0.2) is 43.4 Å². The number of nitrogens with two attached hydrogens (primary N) is 1. The summed E-state index contributed by atoms with van der Waals surface area (Å²) in [6, 6.07) is 3.65. The Morgan fingerprint density at radius 1 is 1.50 bits per heavy atom. The van der Waals surface area contributed by atoms with Crippen LogP contribution in [0.4, 0.5) is 0 Å². The lowest BCUT2D eigenvalue weighted by atomic mass is 10.3. The number of thioether (sulfide) groups is 1. The number of nitrogens with zero attached hydrogens (tertiary/aromatic N) is 1. The zero-order valence-electron chi connectivity index (χ0n) is 10.3. The molecule has 1 unspecified atom stereocenters. The van der Waals surface area contributed by atoms with E-state index in [4.69, 9.17) is 5.73 Å². The largest absolute Gasteiger partial charge is 0.330 e. The van der Waals surface area contributed by atoms with Gasteiger partial charge in [0, 0.05) is 29.0 Å². The maximum absolute atomic E-state index is 12.5. The summed E-state index contributed by atoms with van der Waals surface area (Å²) in [4.78, 5) is 1.04. The molecule has 0 spiro atoms. The van der Waals surface area contributed by atoms with Gasteiger partial charge in [-0.1, -0.05) is 0 Å². The Morgan fingerprint density at radius 2 is 2.28 bits per heavy atom. The molecular formula is C11H18N2O2S3. The average molecular weight is 306 g/mol. The summed E-state index contributed by atoms with van der Waals surface area (Å²) < 4.78 is 27.1. The molecule has 102 valence electrons. The minimum atomic E-state index is -3.31. The van der Waals surface area contributed by atoms with E-state index in [1.165, 1.54) is 11.3 Å². The lowest BCUT2D eigenvalue weighted by Crippen LogP contribution is -2.44. The first-order valence-corrected chi connectivity index (χ1v) is 9.35. The molecule has 1 aromatic rings. The first-order valence-electron chi connectivity index (χ1n) is 5.94. The van der Waals surface area contributed by atoms with Crippen LogP contribution in [0.5, 0.6) is 0 Å². The SMILES string of the molecule is CC1CSCCN1S(=O)(=O)c1ccc(CCN)s1. The van der Waals surface area contributed by atoms with Crippen molar-refractivity contribution in [3.8, 4) is 0 Å². The number of rotatable bonds is 4. The van der Waals surface area contributed by atoms with E-state index in [2.05, 4.69) is 0 Å². The van der Waals surface area contributed by atoms with Gasteiger partial charge in [0.2, 0.25) is 0 Å². The molecule has 1 saturated heterocycles. The third-order valence-corrected chi connectivity index (χ3v) is 7.71. The highest BCUT2D eigenvalue weighted by atomic mass is 32.2. The molecule has 1 aromatic heterocycles. The summed E-state index contributed by atoms with van der Waals surface area (Å²) >= 11 is 3.16. The van der Waals surface area contributed by atoms with Crippen LogP contribution in [0.2, 0.25) is 0 Å². The Kier molecular flexibility index (Phi) is 4.71. The zero-order chi connectivity index (χ0) is 13.2. The maximum Gasteiger partial charge on any atom is 0.252 e. The van der Waals surface area contributed by atoms with Crippen molar-refractivity contribution in [1.82, 2.24) is 4.31 Å². The van der Waals surface area contributed by atoms with Crippen LogP contribution in [0.15, 0.2) is 16.3 Å². The number of sulfonamides is 1. The number of hydrogen-bond acceptors (Lipinski definition) is 5. The number of hydrogen-bond donors (Lipinski definition) is 1. The molecule has 2 rings (SSSR count). The highest BCUT2D eigenvalue weighted by Crippen LogP contribution is 2.29. The summed E-state index contributed by atoms with van der Waals surface area (Å²) in [5.74, 6) is 1.75. The van der Waals surface area contributed by atoms with Crippen LogP contribution < -0.4 is 5.73 Å². The summed E-state index contributed by atoms with van der Waals surface area (Å²) in [7, 11) is -3.31. The van der Waals surface area contributed by atoms with E-state index in [1.54, 1.807) is 10.4 Å². The van der Waals surface area contributed by atoms with Gasteiger partial charge in [0.15, 0.2) is 0 Å². The van der Waals surface area contributed by atoms with Crippen LogP contribution in [0.3, 0.4) is 0 Å². The van der Waals surface area contributed by atoms with Crippen LogP contribution in [0.25, 0.3) is 0 Å². The molecule has 18 heavy (non-hydrogen) atoms. The van der Waals surface area contributed by atoms with Crippen LogP contribution in [0, 0.1) is 0 Å². The van der Waals surface area contributed by atoms with Crippen LogP contribution >= 0.6 is 23.1 Å². The predicted octanol–water partition coefficient (Wildman–Crippen LogP) is 1.38. The monoisotopic (exact) mass is 306 g/mol. The van der Waals surface area contributed by atoms with Crippen LogP contribution in [-0.2, 0) is 16.4 Å². The zero-order valence-corrected chi connectivity index (χ0v) is 12.8. The smallest absolute Gasteiger partial charge is 0.252 e. The minimum absolute atomic E-state index is 0.0776. The Balaban J connectivity index is 2.23. The predicted molar refractivity (Wildman–Crippen MR) is 77.8 cm³/mol. The fraction of sp³-hybridized carbons (Fsp3) is 0.636. The Labute approximate surface area is 117 Å². The van der Waals surface area contributed by atoms with Gasteiger partial charge in [-0.3, -0.25) is 0 Å². The number of thiophene rings is 1. The molecule has 1 atom stereocenters. The van der Waals surface area contributed by atoms with E-state index >= 15 is 0 Å². The Bertz CT molecular complexity index is 498. The molecule has 0 aromatic carbocycles. The summed E-state index contributed by atoms with van der Waals surface area (Å²) in [6.45, 7) is 3.13. The summed E-state index contributed by atoms with van der Waals surface area (Å²) in [5.41, 5.74) is 5.49. The average Bonchev–Trinajstić information content (AvgIpc) is 2.79. The van der Waals surface area contributed by atoms with Gasteiger partial charge >= 0.3 is 0 Å². The van der Waals surface area contributed by atoms with E-state index in [0.717, 1.165) is 22.8 Å². The summed E-state index contributed by atoms with van der Waals surface area (Å²) in [6.07, 6.45) is 0.742. The van der Waals surface area contributed by atoms with E-state index in [1.807, 2.05) is 24.8 Å². The molecule has 0 saturated carbocycles. The lowest BCUT2D eigenvalue weighted by Gasteiger charge is -2.31. The molecule has 1 aliphatic rings. The fourth-order valence-corrected chi connectivity index (χ4v) is 6.31.